The molecular formula is C27H40ClNO3S. The predicted molar refractivity (Wildman–Crippen MR) is 139 cm³/mol. The molecule has 1 aromatic carbocycles. The molecule has 184 valence electrons. The first-order valence-corrected chi connectivity index (χ1v) is 14.0. The van der Waals surface area contributed by atoms with E-state index in [1.807, 2.05) is 12.1 Å². The van der Waals surface area contributed by atoms with Gasteiger partial charge in [0.25, 0.3) is 0 Å². The summed E-state index contributed by atoms with van der Waals surface area (Å²) in [5, 5.41) is 10.4. The van der Waals surface area contributed by atoms with Crippen molar-refractivity contribution < 1.29 is 14.7 Å². The van der Waals surface area contributed by atoms with Crippen LogP contribution in [-0.2, 0) is 9.59 Å². The molecule has 1 saturated heterocycles. The SMILES string of the molecule is CCCCCC[C@@H](O)C/C=C\CCCCCCCC(=O)N1C(=O)CSC1c1ccc(Cl)cc1. The molecule has 0 spiro atoms. The maximum Gasteiger partial charge on any atom is 0.240 e. The van der Waals surface area contributed by atoms with E-state index < -0.39 is 0 Å². The van der Waals surface area contributed by atoms with Gasteiger partial charge in [-0.1, -0.05) is 87.8 Å². The molecule has 4 nitrogen and oxygen atoms in total. The highest BCUT2D eigenvalue weighted by molar-refractivity contribution is 8.00. The van der Waals surface area contributed by atoms with E-state index in [0.717, 1.165) is 63.4 Å². The largest absolute Gasteiger partial charge is 0.393 e. The highest BCUT2D eigenvalue weighted by atomic mass is 35.5. The molecule has 1 N–H and O–H groups in total. The van der Waals surface area contributed by atoms with Gasteiger partial charge in [-0.2, -0.15) is 0 Å². The lowest BCUT2D eigenvalue weighted by atomic mass is 10.1. The second-order valence-electron chi connectivity index (χ2n) is 8.89. The minimum Gasteiger partial charge on any atom is -0.393 e. The monoisotopic (exact) mass is 493 g/mol. The maximum atomic E-state index is 12.7. The Balaban J connectivity index is 1.54. The standard InChI is InChI=1S/C27H40ClNO3S/c1-2-3-4-11-14-24(30)15-12-9-7-5-6-8-10-13-16-25(31)29-26(32)21-33-27(29)22-17-19-23(28)20-18-22/h9,12,17-20,24,27,30H,2-8,10-11,13-16,21H2,1H3/b12-9-/t24-,27?/m1/s1. The van der Waals surface area contributed by atoms with Crippen molar-refractivity contribution in [2.24, 2.45) is 0 Å². The van der Waals surface area contributed by atoms with Gasteiger partial charge in [0.2, 0.25) is 11.8 Å². The zero-order chi connectivity index (χ0) is 23.9. The molecule has 0 aliphatic carbocycles. The van der Waals surface area contributed by atoms with Crippen LogP contribution in [0.3, 0.4) is 0 Å². The Morgan fingerprint density at radius 1 is 1.09 bits per heavy atom. The van der Waals surface area contributed by atoms with Gasteiger partial charge >= 0.3 is 0 Å². The Bertz CT molecular complexity index is 737. The van der Waals surface area contributed by atoms with Gasteiger partial charge in [-0.05, 0) is 49.8 Å². The number of imide groups is 1. The van der Waals surface area contributed by atoms with Crippen molar-refractivity contribution in [2.75, 3.05) is 5.75 Å². The van der Waals surface area contributed by atoms with Gasteiger partial charge in [-0.15, -0.1) is 11.8 Å². The molecule has 0 bridgehead atoms. The highest BCUT2D eigenvalue weighted by Gasteiger charge is 2.36. The molecule has 1 heterocycles. The molecule has 2 amide bonds. The number of aliphatic hydroxyl groups excluding tert-OH is 1. The third-order valence-corrected chi connectivity index (χ3v) is 7.48. The number of aliphatic hydroxyl groups is 1. The Morgan fingerprint density at radius 2 is 1.79 bits per heavy atom. The number of carbonyl (C=O) groups is 2. The molecular weight excluding hydrogens is 454 g/mol. The molecule has 0 saturated carbocycles. The first kappa shape index (κ1) is 27.9. The molecule has 1 unspecified atom stereocenters. The number of hydrogen-bond donors (Lipinski definition) is 1. The fraction of sp³-hybridized carbons (Fsp3) is 0.630. The first-order valence-electron chi connectivity index (χ1n) is 12.6. The van der Waals surface area contributed by atoms with Crippen molar-refractivity contribution >= 4 is 35.2 Å². The molecule has 0 aromatic heterocycles. The van der Waals surface area contributed by atoms with Crippen LogP contribution in [0.5, 0.6) is 0 Å². The summed E-state index contributed by atoms with van der Waals surface area (Å²) in [7, 11) is 0. The molecule has 2 rings (SSSR count). The van der Waals surface area contributed by atoms with Crippen molar-refractivity contribution in [1.82, 2.24) is 4.90 Å². The number of unbranched alkanes of at least 4 members (excludes halogenated alkanes) is 8. The summed E-state index contributed by atoms with van der Waals surface area (Å²) in [6.07, 6.45) is 17.3. The minimum absolute atomic E-state index is 0.0684. The molecule has 2 atom stereocenters. The number of thioether (sulfide) groups is 1. The van der Waals surface area contributed by atoms with Crippen LogP contribution in [-0.4, -0.2) is 33.7 Å². The Kier molecular flexibility index (Phi) is 13.8. The average molecular weight is 494 g/mol. The summed E-state index contributed by atoms with van der Waals surface area (Å²) in [4.78, 5) is 26.4. The van der Waals surface area contributed by atoms with Gasteiger partial charge in [-0.3, -0.25) is 14.5 Å². The summed E-state index contributed by atoms with van der Waals surface area (Å²) >= 11 is 7.46. The minimum atomic E-state index is -0.232. The third kappa shape index (κ3) is 10.7. The van der Waals surface area contributed by atoms with Gasteiger partial charge in [0.15, 0.2) is 0 Å². The van der Waals surface area contributed by atoms with Gasteiger partial charge in [0.1, 0.15) is 5.37 Å². The third-order valence-electron chi connectivity index (χ3n) is 6.02. The van der Waals surface area contributed by atoms with E-state index in [0.29, 0.717) is 17.2 Å². The molecule has 1 fully saturated rings. The van der Waals surface area contributed by atoms with Crippen molar-refractivity contribution in [3.63, 3.8) is 0 Å². The first-order chi connectivity index (χ1) is 16.0. The second kappa shape index (κ2) is 16.3. The second-order valence-corrected chi connectivity index (χ2v) is 10.4. The normalized spacial score (nSPS) is 17.2. The number of nitrogens with zero attached hydrogens (tertiary/aromatic N) is 1. The zero-order valence-electron chi connectivity index (χ0n) is 20.0. The smallest absolute Gasteiger partial charge is 0.240 e. The predicted octanol–water partition coefficient (Wildman–Crippen LogP) is 7.45. The lowest BCUT2D eigenvalue weighted by Gasteiger charge is -2.22. The number of amides is 2. The van der Waals surface area contributed by atoms with Crippen LogP contribution in [0.4, 0.5) is 0 Å². The zero-order valence-corrected chi connectivity index (χ0v) is 21.6. The lowest BCUT2D eigenvalue weighted by Crippen LogP contribution is -2.34. The van der Waals surface area contributed by atoms with Crippen LogP contribution >= 0.6 is 23.4 Å². The summed E-state index contributed by atoms with van der Waals surface area (Å²) < 4.78 is 0. The van der Waals surface area contributed by atoms with Crippen molar-refractivity contribution in [3.05, 3.63) is 47.0 Å². The number of rotatable bonds is 16. The van der Waals surface area contributed by atoms with Gasteiger partial charge in [0.05, 0.1) is 11.9 Å². The molecule has 6 heteroatoms. The molecule has 1 aliphatic rings. The summed E-state index contributed by atoms with van der Waals surface area (Å²) in [6.45, 7) is 2.20. The summed E-state index contributed by atoms with van der Waals surface area (Å²) in [5.41, 5.74) is 0.945. The van der Waals surface area contributed by atoms with E-state index in [1.54, 1.807) is 12.1 Å². The Hall–Kier alpha value is -1.30. The van der Waals surface area contributed by atoms with E-state index in [-0.39, 0.29) is 23.3 Å². The summed E-state index contributed by atoms with van der Waals surface area (Å²) in [5.74, 6) is 0.187. The fourth-order valence-corrected chi connectivity index (χ4v) is 5.35. The number of hydrogen-bond acceptors (Lipinski definition) is 4. The molecule has 0 radical (unpaired) electrons. The fourth-order valence-electron chi connectivity index (χ4n) is 4.05. The van der Waals surface area contributed by atoms with Crippen LogP contribution in [0.2, 0.25) is 5.02 Å². The van der Waals surface area contributed by atoms with Gasteiger partial charge in [0, 0.05) is 11.4 Å². The number of carbonyl (C=O) groups excluding carboxylic acids is 2. The van der Waals surface area contributed by atoms with E-state index in [9.17, 15) is 14.7 Å². The number of halogens is 1. The lowest BCUT2D eigenvalue weighted by molar-refractivity contribution is -0.143. The topological polar surface area (TPSA) is 57.6 Å². The molecule has 1 aromatic rings. The number of allylic oxidation sites excluding steroid dienone is 1. The maximum absolute atomic E-state index is 12.7. The number of benzene rings is 1. The van der Waals surface area contributed by atoms with Gasteiger partial charge in [-0.25, -0.2) is 0 Å². The van der Waals surface area contributed by atoms with Crippen LogP contribution in [0.15, 0.2) is 36.4 Å². The molecule has 1 aliphatic heterocycles. The molecule has 33 heavy (non-hydrogen) atoms. The van der Waals surface area contributed by atoms with E-state index >= 15 is 0 Å². The van der Waals surface area contributed by atoms with Crippen LogP contribution in [0, 0.1) is 0 Å². The highest BCUT2D eigenvalue weighted by Crippen LogP contribution is 2.39. The van der Waals surface area contributed by atoms with Crippen LogP contribution in [0.25, 0.3) is 0 Å². The quantitative estimate of drug-likeness (QED) is 0.192. The summed E-state index contributed by atoms with van der Waals surface area (Å²) in [6, 6.07) is 7.38. The van der Waals surface area contributed by atoms with E-state index in [1.165, 1.54) is 35.9 Å². The van der Waals surface area contributed by atoms with Gasteiger partial charge < -0.3 is 5.11 Å². The van der Waals surface area contributed by atoms with Crippen molar-refractivity contribution in [2.45, 2.75) is 102 Å². The average Bonchev–Trinajstić information content (AvgIpc) is 3.19. The Labute approximate surface area is 209 Å². The van der Waals surface area contributed by atoms with Crippen LogP contribution in [0.1, 0.15) is 101 Å². The van der Waals surface area contributed by atoms with E-state index in [4.69, 9.17) is 11.6 Å². The van der Waals surface area contributed by atoms with Crippen molar-refractivity contribution in [3.8, 4) is 0 Å². The van der Waals surface area contributed by atoms with Crippen LogP contribution < -0.4 is 0 Å². The van der Waals surface area contributed by atoms with E-state index in [2.05, 4.69) is 19.1 Å². The Morgan fingerprint density at radius 3 is 2.55 bits per heavy atom. The van der Waals surface area contributed by atoms with Crippen molar-refractivity contribution in [1.29, 1.82) is 0 Å².